The van der Waals surface area contributed by atoms with Crippen molar-refractivity contribution in [1.29, 1.82) is 0 Å². The highest BCUT2D eigenvalue weighted by atomic mass is 32.1. The molecule has 2 unspecified atom stereocenters. The van der Waals surface area contributed by atoms with Gasteiger partial charge >= 0.3 is 0 Å². The topological polar surface area (TPSA) is 142 Å². The molecule has 5 heterocycles. The van der Waals surface area contributed by atoms with E-state index in [1.54, 1.807) is 13.1 Å². The van der Waals surface area contributed by atoms with Gasteiger partial charge in [0.2, 0.25) is 5.79 Å². The first-order chi connectivity index (χ1) is 16.8. The van der Waals surface area contributed by atoms with Crippen LogP contribution < -0.4 is 21.7 Å². The van der Waals surface area contributed by atoms with E-state index in [1.165, 1.54) is 17.4 Å². The Balaban J connectivity index is 1.18. The number of nitrogens with two attached hydrogens (primary N) is 2. The lowest BCUT2D eigenvalue weighted by Gasteiger charge is -2.27. The van der Waals surface area contributed by atoms with Crippen LogP contribution in [-0.4, -0.2) is 65.0 Å². The number of halogens is 1. The molecule has 6 rings (SSSR count). The van der Waals surface area contributed by atoms with Crippen LogP contribution in [0.15, 0.2) is 12.3 Å². The van der Waals surface area contributed by atoms with E-state index in [2.05, 4.69) is 15.3 Å². The van der Waals surface area contributed by atoms with Crippen molar-refractivity contribution in [1.82, 2.24) is 20.3 Å². The van der Waals surface area contributed by atoms with E-state index in [-0.39, 0.29) is 23.8 Å². The van der Waals surface area contributed by atoms with Crippen molar-refractivity contribution in [2.75, 3.05) is 36.9 Å². The summed E-state index contributed by atoms with van der Waals surface area (Å²) in [5, 5.41) is 3.68. The molecule has 0 radical (unpaired) electrons. The van der Waals surface area contributed by atoms with Gasteiger partial charge in [0.1, 0.15) is 27.2 Å². The van der Waals surface area contributed by atoms with Gasteiger partial charge < -0.3 is 31.2 Å². The normalized spacial score (nSPS) is 23.2. The van der Waals surface area contributed by atoms with Gasteiger partial charge in [0.25, 0.3) is 5.91 Å². The summed E-state index contributed by atoms with van der Waals surface area (Å²) in [5.41, 5.74) is 14.1. The molecule has 2 aliphatic heterocycles. The largest absolute Gasteiger partial charge is 0.397 e. The zero-order valence-electron chi connectivity index (χ0n) is 19.2. The van der Waals surface area contributed by atoms with Crippen molar-refractivity contribution >= 4 is 39.0 Å². The molecular formula is C23H26FN7O3S. The van der Waals surface area contributed by atoms with E-state index < -0.39 is 5.79 Å². The molecule has 0 bridgehead atoms. The molecule has 0 aromatic carbocycles. The van der Waals surface area contributed by atoms with Crippen molar-refractivity contribution in [3.8, 4) is 0 Å². The number of ether oxygens (including phenoxy) is 2. The lowest BCUT2D eigenvalue weighted by molar-refractivity contribution is -0.147. The summed E-state index contributed by atoms with van der Waals surface area (Å²) in [6.45, 7) is 3.68. The molecule has 3 aromatic rings. The summed E-state index contributed by atoms with van der Waals surface area (Å²) in [5.74, 6) is -0.313. The molecule has 3 aromatic heterocycles. The Kier molecular flexibility index (Phi) is 5.36. The Hall–Kier alpha value is -2.93. The van der Waals surface area contributed by atoms with Gasteiger partial charge in [-0.15, -0.1) is 11.3 Å². The number of pyridine rings is 1. The van der Waals surface area contributed by atoms with Gasteiger partial charge in [-0.3, -0.25) is 4.79 Å². The Morgan fingerprint density at radius 3 is 2.94 bits per heavy atom. The third-order valence-corrected chi connectivity index (χ3v) is 8.08. The lowest BCUT2D eigenvalue weighted by atomic mass is 9.91. The average Bonchev–Trinajstić information content (AvgIpc) is 3.53. The van der Waals surface area contributed by atoms with E-state index in [4.69, 9.17) is 25.9 Å². The van der Waals surface area contributed by atoms with E-state index in [0.29, 0.717) is 89.2 Å². The predicted octanol–water partition coefficient (Wildman–Crippen LogP) is 1.29. The van der Waals surface area contributed by atoms with Crippen LogP contribution in [0.2, 0.25) is 0 Å². The summed E-state index contributed by atoms with van der Waals surface area (Å²) < 4.78 is 26.7. The standard InChI is InChI=1S/C23H26FN7O3S/c1-11-27-8-14-19(26)20(35-22(14)28-11)21(32)29-12-2-3-16-13(6-12)15(24)7-18(30-16)31-9-17(25)23(10-31)33-4-5-34-23/h7-8,12,17H,2-6,9-10,25-26H2,1H3,(H,29,32). The Labute approximate surface area is 204 Å². The summed E-state index contributed by atoms with van der Waals surface area (Å²) in [6.07, 6.45) is 3.19. The molecular weight excluding hydrogens is 473 g/mol. The van der Waals surface area contributed by atoms with Gasteiger partial charge in [-0.1, -0.05) is 0 Å². The van der Waals surface area contributed by atoms with Crippen LogP contribution in [0.1, 0.15) is 33.2 Å². The highest BCUT2D eigenvalue weighted by Crippen LogP contribution is 2.35. The smallest absolute Gasteiger partial charge is 0.263 e. The van der Waals surface area contributed by atoms with Gasteiger partial charge in [-0.2, -0.15) is 0 Å². The summed E-state index contributed by atoms with van der Waals surface area (Å²) in [7, 11) is 0. The number of nitrogen functional groups attached to an aromatic ring is 1. The number of thiophene rings is 1. The van der Waals surface area contributed by atoms with Gasteiger partial charge in [0.05, 0.1) is 36.9 Å². The van der Waals surface area contributed by atoms with Crippen LogP contribution >= 0.6 is 11.3 Å². The molecule has 1 amide bonds. The minimum Gasteiger partial charge on any atom is -0.397 e. The molecule has 1 aliphatic carbocycles. The van der Waals surface area contributed by atoms with Crippen LogP contribution in [-0.2, 0) is 22.3 Å². The second-order valence-electron chi connectivity index (χ2n) is 9.28. The Morgan fingerprint density at radius 2 is 2.14 bits per heavy atom. The number of hydrogen-bond donors (Lipinski definition) is 3. The number of rotatable bonds is 3. The fourth-order valence-electron chi connectivity index (χ4n) is 5.12. The van der Waals surface area contributed by atoms with Crippen LogP contribution in [0.3, 0.4) is 0 Å². The van der Waals surface area contributed by atoms with Crippen molar-refractivity contribution < 1.29 is 18.7 Å². The highest BCUT2D eigenvalue weighted by molar-refractivity contribution is 7.21. The fraction of sp³-hybridized carbons (Fsp3) is 0.478. The first-order valence-corrected chi connectivity index (χ1v) is 12.4. The minimum absolute atomic E-state index is 0.224. The average molecular weight is 500 g/mol. The first kappa shape index (κ1) is 22.5. The maximum absolute atomic E-state index is 15.2. The quantitative estimate of drug-likeness (QED) is 0.486. The van der Waals surface area contributed by atoms with Crippen molar-refractivity contribution in [2.24, 2.45) is 5.73 Å². The molecule has 3 aliphatic rings. The maximum atomic E-state index is 15.2. The lowest BCUT2D eigenvalue weighted by Crippen LogP contribution is -2.47. The van der Waals surface area contributed by atoms with Crippen LogP contribution in [0, 0.1) is 12.7 Å². The van der Waals surface area contributed by atoms with E-state index in [9.17, 15) is 4.79 Å². The van der Waals surface area contributed by atoms with E-state index in [0.717, 1.165) is 0 Å². The van der Waals surface area contributed by atoms with Crippen LogP contribution in [0.25, 0.3) is 10.2 Å². The highest BCUT2D eigenvalue weighted by Gasteiger charge is 2.50. The number of hydrogen-bond acceptors (Lipinski definition) is 10. The molecule has 2 fully saturated rings. The predicted molar refractivity (Wildman–Crippen MR) is 129 cm³/mol. The Morgan fingerprint density at radius 1 is 1.34 bits per heavy atom. The molecule has 12 heteroatoms. The third kappa shape index (κ3) is 3.80. The van der Waals surface area contributed by atoms with Crippen molar-refractivity contribution in [3.05, 3.63) is 40.0 Å². The molecule has 1 spiro atoms. The maximum Gasteiger partial charge on any atom is 0.263 e. The number of aryl methyl sites for hydroxylation is 2. The molecule has 10 nitrogen and oxygen atoms in total. The number of carbonyl (C=O) groups is 1. The second-order valence-corrected chi connectivity index (χ2v) is 10.3. The third-order valence-electron chi connectivity index (χ3n) is 6.96. The molecule has 35 heavy (non-hydrogen) atoms. The van der Waals surface area contributed by atoms with Gasteiger partial charge in [0, 0.05) is 36.1 Å². The van der Waals surface area contributed by atoms with Crippen molar-refractivity contribution in [3.63, 3.8) is 0 Å². The first-order valence-electron chi connectivity index (χ1n) is 11.6. The zero-order chi connectivity index (χ0) is 24.3. The second kappa shape index (κ2) is 8.33. The van der Waals surface area contributed by atoms with Gasteiger partial charge in [-0.05, 0) is 26.2 Å². The Bertz CT molecular complexity index is 1330. The van der Waals surface area contributed by atoms with Gasteiger partial charge in [-0.25, -0.2) is 19.3 Å². The summed E-state index contributed by atoms with van der Waals surface area (Å²) in [6, 6.07) is 0.884. The van der Waals surface area contributed by atoms with E-state index >= 15 is 4.39 Å². The summed E-state index contributed by atoms with van der Waals surface area (Å²) in [4.78, 5) is 29.2. The number of nitrogens with zero attached hydrogens (tertiary/aromatic N) is 4. The fourth-order valence-corrected chi connectivity index (χ4v) is 6.14. The number of anilines is 2. The number of amides is 1. The van der Waals surface area contributed by atoms with E-state index in [1.807, 2.05) is 4.90 Å². The number of aromatic nitrogens is 3. The monoisotopic (exact) mass is 499 g/mol. The number of fused-ring (bicyclic) bond motifs is 2. The summed E-state index contributed by atoms with van der Waals surface area (Å²) >= 11 is 1.24. The molecule has 2 saturated heterocycles. The molecule has 0 saturated carbocycles. The molecule has 5 N–H and O–H groups in total. The van der Waals surface area contributed by atoms with Crippen LogP contribution in [0.5, 0.6) is 0 Å². The van der Waals surface area contributed by atoms with Crippen LogP contribution in [0.4, 0.5) is 15.9 Å². The van der Waals surface area contributed by atoms with Gasteiger partial charge in [0.15, 0.2) is 0 Å². The molecule has 184 valence electrons. The van der Waals surface area contributed by atoms with Crippen molar-refractivity contribution in [2.45, 2.75) is 44.1 Å². The minimum atomic E-state index is -0.845. The zero-order valence-corrected chi connectivity index (χ0v) is 20.0. The molecule has 2 atom stereocenters. The SMILES string of the molecule is Cc1ncc2c(N)c(C(=O)NC3CCc4nc(N5CC(N)C6(C5)OCCO6)cc(F)c4C3)sc2n1. The number of nitrogens with one attached hydrogen (secondary N) is 1. The number of carbonyl (C=O) groups excluding carboxylic acids is 1.